The van der Waals surface area contributed by atoms with E-state index in [9.17, 15) is 4.79 Å². The van der Waals surface area contributed by atoms with Gasteiger partial charge < -0.3 is 14.4 Å². The van der Waals surface area contributed by atoms with Gasteiger partial charge in [0.2, 0.25) is 0 Å². The van der Waals surface area contributed by atoms with E-state index in [0.29, 0.717) is 0 Å². The van der Waals surface area contributed by atoms with Crippen molar-refractivity contribution in [2.24, 2.45) is 7.05 Å². The van der Waals surface area contributed by atoms with Crippen molar-refractivity contribution in [3.05, 3.63) is 33.4 Å². The molecule has 1 aliphatic heterocycles. The predicted molar refractivity (Wildman–Crippen MR) is 108 cm³/mol. The largest absolute Gasteiger partial charge is 0.307 e. The summed E-state index contributed by atoms with van der Waals surface area (Å²) >= 11 is 1.35. The average Bonchev–Trinajstić information content (AvgIpc) is 2.91. The summed E-state index contributed by atoms with van der Waals surface area (Å²) in [5.74, 6) is 0. The van der Waals surface area contributed by atoms with Crippen molar-refractivity contribution in [2.45, 2.75) is 38.5 Å². The van der Waals surface area contributed by atoms with E-state index in [1.165, 1.54) is 81.7 Å². The summed E-state index contributed by atoms with van der Waals surface area (Å²) < 4.78 is 2.85. The highest BCUT2D eigenvalue weighted by Crippen LogP contribution is 2.19. The quantitative estimate of drug-likeness (QED) is 0.675. The number of piperidine rings is 1. The lowest BCUT2D eigenvalue weighted by molar-refractivity contribution is 0.195. The number of rotatable bonds is 8. The smallest absolute Gasteiger partial charge is 0.305 e. The van der Waals surface area contributed by atoms with Crippen molar-refractivity contribution in [3.8, 4) is 0 Å². The number of nitrogens with zero attached hydrogens (tertiary/aromatic N) is 3. The molecular formula is C20H31N3OS. The molecule has 138 valence electrons. The second-order valence-corrected chi connectivity index (χ2v) is 8.38. The molecule has 1 aromatic carbocycles. The van der Waals surface area contributed by atoms with E-state index < -0.39 is 0 Å². The Hall–Kier alpha value is -1.17. The van der Waals surface area contributed by atoms with E-state index in [0.717, 1.165) is 16.6 Å². The zero-order chi connectivity index (χ0) is 17.6. The maximum absolute atomic E-state index is 11.7. The molecule has 1 aromatic heterocycles. The average molecular weight is 362 g/mol. The Balaban J connectivity index is 1.37. The van der Waals surface area contributed by atoms with Crippen LogP contribution in [-0.4, -0.2) is 54.1 Å². The molecule has 0 radical (unpaired) electrons. The van der Waals surface area contributed by atoms with Crippen LogP contribution in [-0.2, 0) is 13.5 Å². The number of likely N-dealkylation sites (tertiary alicyclic amines) is 1. The second kappa shape index (κ2) is 8.97. The molecule has 1 fully saturated rings. The molecule has 0 aliphatic carbocycles. The van der Waals surface area contributed by atoms with Crippen LogP contribution in [0.1, 0.15) is 37.7 Å². The minimum absolute atomic E-state index is 0.127. The van der Waals surface area contributed by atoms with Gasteiger partial charge in [-0.3, -0.25) is 4.79 Å². The number of hydrogen-bond acceptors (Lipinski definition) is 4. The van der Waals surface area contributed by atoms with Crippen LogP contribution in [0.4, 0.5) is 0 Å². The number of benzene rings is 1. The Bertz CT molecular complexity index is 730. The molecule has 0 spiro atoms. The Labute approximate surface area is 155 Å². The minimum Gasteiger partial charge on any atom is -0.305 e. The molecule has 2 heterocycles. The first-order valence-electron chi connectivity index (χ1n) is 9.63. The van der Waals surface area contributed by atoms with Gasteiger partial charge >= 0.3 is 4.87 Å². The van der Waals surface area contributed by atoms with E-state index in [2.05, 4.69) is 35.0 Å². The van der Waals surface area contributed by atoms with Gasteiger partial charge in [-0.2, -0.15) is 0 Å². The molecule has 0 unspecified atom stereocenters. The summed E-state index contributed by atoms with van der Waals surface area (Å²) in [5, 5.41) is 0. The fourth-order valence-electron chi connectivity index (χ4n) is 3.65. The SMILES string of the molecule is CN(CCCCc1ccc2c(c1)sc(=O)n2C)CCN1CCCCC1. The Kier molecular flexibility index (Phi) is 6.68. The molecule has 2 aromatic rings. The predicted octanol–water partition coefficient (Wildman–Crippen LogP) is 3.34. The molecule has 1 saturated heterocycles. The van der Waals surface area contributed by atoms with E-state index in [1.807, 2.05) is 7.05 Å². The Morgan fingerprint density at radius 1 is 1.12 bits per heavy atom. The Morgan fingerprint density at radius 3 is 2.72 bits per heavy atom. The normalized spacial score (nSPS) is 16.1. The van der Waals surface area contributed by atoms with Crippen LogP contribution in [0.25, 0.3) is 10.2 Å². The number of hydrogen-bond donors (Lipinski definition) is 0. The van der Waals surface area contributed by atoms with Gasteiger partial charge in [-0.25, -0.2) is 0 Å². The van der Waals surface area contributed by atoms with Crippen LogP contribution in [0.15, 0.2) is 23.0 Å². The third-order valence-electron chi connectivity index (χ3n) is 5.36. The number of thiazole rings is 1. The van der Waals surface area contributed by atoms with Crippen LogP contribution in [0.3, 0.4) is 0 Å². The highest BCUT2D eigenvalue weighted by molar-refractivity contribution is 7.16. The first-order chi connectivity index (χ1) is 12.1. The van der Waals surface area contributed by atoms with E-state index in [4.69, 9.17) is 0 Å². The van der Waals surface area contributed by atoms with Crippen molar-refractivity contribution in [2.75, 3.05) is 39.8 Å². The van der Waals surface area contributed by atoms with Gasteiger partial charge in [0.15, 0.2) is 0 Å². The van der Waals surface area contributed by atoms with Gasteiger partial charge in [0.25, 0.3) is 0 Å². The van der Waals surface area contributed by atoms with Crippen molar-refractivity contribution in [1.29, 1.82) is 0 Å². The van der Waals surface area contributed by atoms with Crippen LogP contribution in [0, 0.1) is 0 Å². The molecule has 5 heteroatoms. The number of aryl methyl sites for hydroxylation is 2. The molecule has 0 saturated carbocycles. The third kappa shape index (κ3) is 5.16. The van der Waals surface area contributed by atoms with Crippen molar-refractivity contribution in [3.63, 3.8) is 0 Å². The zero-order valence-electron chi connectivity index (χ0n) is 15.7. The third-order valence-corrected chi connectivity index (χ3v) is 6.35. The first kappa shape index (κ1) is 18.6. The van der Waals surface area contributed by atoms with E-state index in [1.54, 1.807) is 4.57 Å². The summed E-state index contributed by atoms with van der Waals surface area (Å²) in [6.45, 7) is 6.17. The molecular weight excluding hydrogens is 330 g/mol. The highest BCUT2D eigenvalue weighted by Gasteiger charge is 2.10. The van der Waals surface area contributed by atoms with Crippen LogP contribution in [0.5, 0.6) is 0 Å². The molecule has 3 rings (SSSR count). The van der Waals surface area contributed by atoms with Crippen LogP contribution in [0.2, 0.25) is 0 Å². The summed E-state index contributed by atoms with van der Waals surface area (Å²) in [6, 6.07) is 6.46. The molecule has 1 aliphatic rings. The molecule has 0 bridgehead atoms. The number of aromatic nitrogens is 1. The highest BCUT2D eigenvalue weighted by atomic mass is 32.1. The lowest BCUT2D eigenvalue weighted by Gasteiger charge is -2.28. The zero-order valence-corrected chi connectivity index (χ0v) is 16.5. The van der Waals surface area contributed by atoms with Gasteiger partial charge in [-0.15, -0.1) is 0 Å². The Morgan fingerprint density at radius 2 is 1.92 bits per heavy atom. The maximum Gasteiger partial charge on any atom is 0.307 e. The topological polar surface area (TPSA) is 28.5 Å². The number of fused-ring (bicyclic) bond motifs is 1. The standard InChI is InChI=1S/C20H31N3OS/c1-21(14-15-23-12-5-3-6-13-23)11-7-4-8-17-9-10-18-19(16-17)25-20(24)22(18)2/h9-10,16H,3-8,11-15H2,1-2H3. The van der Waals surface area contributed by atoms with Crippen LogP contribution < -0.4 is 4.87 Å². The summed E-state index contributed by atoms with van der Waals surface area (Å²) in [4.78, 5) is 16.9. The first-order valence-corrected chi connectivity index (χ1v) is 10.4. The van der Waals surface area contributed by atoms with Gasteiger partial charge in [0.1, 0.15) is 0 Å². The maximum atomic E-state index is 11.7. The molecule has 0 amide bonds. The monoisotopic (exact) mass is 361 g/mol. The minimum atomic E-state index is 0.127. The summed E-state index contributed by atoms with van der Waals surface area (Å²) in [6.07, 6.45) is 7.72. The van der Waals surface area contributed by atoms with Gasteiger partial charge in [0, 0.05) is 20.1 Å². The van der Waals surface area contributed by atoms with Crippen LogP contribution >= 0.6 is 11.3 Å². The lowest BCUT2D eigenvalue weighted by atomic mass is 10.1. The fraction of sp³-hybridized carbons (Fsp3) is 0.650. The van der Waals surface area contributed by atoms with Gasteiger partial charge in [-0.05, 0) is 76.5 Å². The molecule has 0 atom stereocenters. The van der Waals surface area contributed by atoms with E-state index >= 15 is 0 Å². The fourth-order valence-corrected chi connectivity index (χ4v) is 4.59. The molecule has 0 N–H and O–H groups in total. The van der Waals surface area contributed by atoms with Gasteiger partial charge in [-0.1, -0.05) is 23.8 Å². The summed E-state index contributed by atoms with van der Waals surface area (Å²) in [7, 11) is 4.10. The molecule has 4 nitrogen and oxygen atoms in total. The lowest BCUT2D eigenvalue weighted by Crippen LogP contribution is -2.36. The van der Waals surface area contributed by atoms with Crippen molar-refractivity contribution < 1.29 is 0 Å². The number of likely N-dealkylation sites (N-methyl/N-ethyl adjacent to an activating group) is 1. The summed E-state index contributed by atoms with van der Waals surface area (Å²) in [5.41, 5.74) is 2.40. The second-order valence-electron chi connectivity index (χ2n) is 7.39. The van der Waals surface area contributed by atoms with Crippen molar-refractivity contribution >= 4 is 21.6 Å². The van der Waals surface area contributed by atoms with Gasteiger partial charge in [0.05, 0.1) is 10.2 Å². The van der Waals surface area contributed by atoms with Crippen molar-refractivity contribution in [1.82, 2.24) is 14.4 Å². The number of unbranched alkanes of at least 4 members (excludes halogenated alkanes) is 1. The molecule has 25 heavy (non-hydrogen) atoms. The van der Waals surface area contributed by atoms with E-state index in [-0.39, 0.29) is 4.87 Å².